The normalized spacial score (nSPS) is 15.2. The van der Waals surface area contributed by atoms with E-state index in [0.29, 0.717) is 31.8 Å². The first-order valence-electron chi connectivity index (χ1n) is 10.8. The van der Waals surface area contributed by atoms with E-state index in [0.717, 1.165) is 16.6 Å². The number of hydrogen-bond donors (Lipinski definition) is 2. The van der Waals surface area contributed by atoms with Crippen molar-refractivity contribution in [3.8, 4) is 0 Å². The van der Waals surface area contributed by atoms with Crippen LogP contribution in [0.1, 0.15) is 39.7 Å². The molecular formula is C23H31N3O5. The van der Waals surface area contributed by atoms with E-state index in [9.17, 15) is 9.59 Å². The van der Waals surface area contributed by atoms with Crippen LogP contribution >= 0.6 is 0 Å². The molecule has 0 spiro atoms. The highest BCUT2D eigenvalue weighted by Gasteiger charge is 2.34. The Morgan fingerprint density at radius 3 is 2.61 bits per heavy atom. The van der Waals surface area contributed by atoms with Gasteiger partial charge in [-0.1, -0.05) is 27.7 Å². The first-order valence-corrected chi connectivity index (χ1v) is 10.8. The van der Waals surface area contributed by atoms with Crippen molar-refractivity contribution >= 4 is 22.8 Å². The summed E-state index contributed by atoms with van der Waals surface area (Å²) in [6.07, 6.45) is 5.87. The molecule has 168 valence electrons. The minimum absolute atomic E-state index is 0.0829. The molecule has 2 aliphatic heterocycles. The molecule has 0 saturated carbocycles. The molecule has 31 heavy (non-hydrogen) atoms. The van der Waals surface area contributed by atoms with E-state index in [4.69, 9.17) is 14.6 Å². The maximum atomic E-state index is 12.4. The Morgan fingerprint density at radius 2 is 1.94 bits per heavy atom. The number of ether oxygens (including phenoxy) is 2. The van der Waals surface area contributed by atoms with Crippen LogP contribution in [-0.2, 0) is 32.0 Å². The van der Waals surface area contributed by atoms with Crippen molar-refractivity contribution in [2.24, 2.45) is 0 Å². The topological polar surface area (TPSA) is 103 Å². The Kier molecular flexibility index (Phi) is 9.27. The van der Waals surface area contributed by atoms with Gasteiger partial charge in [0.1, 0.15) is 25.1 Å². The summed E-state index contributed by atoms with van der Waals surface area (Å²) in [5.41, 5.74) is 2.23. The highest BCUT2D eigenvalue weighted by molar-refractivity contribution is 6.21. The van der Waals surface area contributed by atoms with Crippen molar-refractivity contribution in [1.82, 2.24) is 14.9 Å². The summed E-state index contributed by atoms with van der Waals surface area (Å²) in [7, 11) is 0. The number of aryl methyl sites for hydroxylation is 1. The third kappa shape index (κ3) is 5.32. The molecule has 2 aliphatic rings. The minimum Gasteiger partial charge on any atom is -0.494 e. The lowest BCUT2D eigenvalue weighted by Gasteiger charge is -2.16. The highest BCUT2D eigenvalue weighted by atomic mass is 16.6. The second kappa shape index (κ2) is 11.9. The van der Waals surface area contributed by atoms with E-state index >= 15 is 0 Å². The number of nitrogens with zero attached hydrogens (tertiary/aromatic N) is 2. The van der Waals surface area contributed by atoms with Crippen LogP contribution < -0.4 is 5.32 Å². The zero-order valence-corrected chi connectivity index (χ0v) is 18.6. The standard InChI is InChI=1S/C19H19N3O5.2C2H6/c23-6-2-5-22-10-12(13-3-1-4-20-17(13)22)9-14-16(19(25)21-18(14)24)15-11-26-7-8-27-15;2*1-2/h1,3-4,10-11,23H,2,5-9H2,(H,21,24,25);2*1-2H3. The maximum Gasteiger partial charge on any atom is 0.262 e. The zero-order chi connectivity index (χ0) is 22.8. The smallest absolute Gasteiger partial charge is 0.262 e. The van der Waals surface area contributed by atoms with E-state index in [1.807, 2.05) is 50.6 Å². The Hall–Kier alpha value is -3.13. The minimum atomic E-state index is -0.478. The molecule has 0 unspecified atom stereocenters. The first kappa shape index (κ1) is 24.1. The third-order valence-corrected chi connectivity index (χ3v) is 4.57. The lowest BCUT2D eigenvalue weighted by atomic mass is 10.0. The first-order chi connectivity index (χ1) is 15.2. The average Bonchev–Trinajstić information content (AvgIpc) is 3.32. The van der Waals surface area contributed by atoms with Crippen LogP contribution in [0.25, 0.3) is 11.0 Å². The second-order valence-corrected chi connectivity index (χ2v) is 6.31. The quantitative estimate of drug-likeness (QED) is 0.685. The van der Waals surface area contributed by atoms with Gasteiger partial charge in [-0.25, -0.2) is 4.98 Å². The number of aliphatic hydroxyl groups is 1. The molecule has 0 aliphatic carbocycles. The monoisotopic (exact) mass is 429 g/mol. The molecule has 0 fully saturated rings. The molecule has 2 aromatic rings. The average molecular weight is 430 g/mol. The Morgan fingerprint density at radius 1 is 1.16 bits per heavy atom. The molecule has 2 aromatic heterocycles. The number of aromatic nitrogens is 2. The largest absolute Gasteiger partial charge is 0.494 e. The number of nitrogens with one attached hydrogen (secondary N) is 1. The predicted octanol–water partition coefficient (Wildman–Crippen LogP) is 2.85. The molecule has 0 saturated heterocycles. The number of aliphatic hydroxyl groups excluding tert-OH is 1. The molecule has 8 heteroatoms. The van der Waals surface area contributed by atoms with Crippen molar-refractivity contribution in [1.29, 1.82) is 0 Å². The summed E-state index contributed by atoms with van der Waals surface area (Å²) in [5.74, 6) is -0.624. The van der Waals surface area contributed by atoms with Gasteiger partial charge in [0.05, 0.1) is 5.57 Å². The third-order valence-electron chi connectivity index (χ3n) is 4.57. The summed E-state index contributed by atoms with van der Waals surface area (Å²) in [4.78, 5) is 29.1. The molecular weight excluding hydrogens is 398 g/mol. The summed E-state index contributed by atoms with van der Waals surface area (Å²) in [6.45, 7) is 9.43. The number of amides is 2. The van der Waals surface area contributed by atoms with E-state index < -0.39 is 11.8 Å². The van der Waals surface area contributed by atoms with E-state index in [1.165, 1.54) is 6.26 Å². The molecule has 0 radical (unpaired) electrons. The number of fused-ring (bicyclic) bond motifs is 1. The van der Waals surface area contributed by atoms with Gasteiger partial charge in [0.15, 0.2) is 5.76 Å². The number of carbonyl (C=O) groups excluding carboxylic acids is 2. The summed E-state index contributed by atoms with van der Waals surface area (Å²) in [6, 6.07) is 3.76. The molecule has 8 nitrogen and oxygen atoms in total. The van der Waals surface area contributed by atoms with E-state index in [-0.39, 0.29) is 24.4 Å². The molecule has 0 bridgehead atoms. The molecule has 2 N–H and O–H groups in total. The van der Waals surface area contributed by atoms with Crippen LogP contribution in [0.2, 0.25) is 0 Å². The van der Waals surface area contributed by atoms with Crippen LogP contribution in [0, 0.1) is 0 Å². The number of imide groups is 1. The molecule has 0 atom stereocenters. The van der Waals surface area contributed by atoms with Gasteiger partial charge >= 0.3 is 0 Å². The van der Waals surface area contributed by atoms with Crippen molar-refractivity contribution in [2.45, 2.75) is 47.1 Å². The van der Waals surface area contributed by atoms with Gasteiger partial charge in [-0.2, -0.15) is 0 Å². The van der Waals surface area contributed by atoms with Crippen LogP contribution in [0.5, 0.6) is 0 Å². The van der Waals surface area contributed by atoms with Gasteiger partial charge in [-0.15, -0.1) is 0 Å². The Labute approximate surface area is 182 Å². The van der Waals surface area contributed by atoms with Crippen LogP contribution in [-0.4, -0.2) is 46.3 Å². The fourth-order valence-electron chi connectivity index (χ4n) is 3.36. The van der Waals surface area contributed by atoms with Gasteiger partial charge in [0.25, 0.3) is 11.8 Å². The number of pyridine rings is 1. The number of carbonyl (C=O) groups is 2. The predicted molar refractivity (Wildman–Crippen MR) is 118 cm³/mol. The summed E-state index contributed by atoms with van der Waals surface area (Å²) >= 11 is 0. The lowest BCUT2D eigenvalue weighted by molar-refractivity contribution is -0.124. The van der Waals surface area contributed by atoms with Gasteiger partial charge in [0.2, 0.25) is 0 Å². The summed E-state index contributed by atoms with van der Waals surface area (Å²) < 4.78 is 12.7. The van der Waals surface area contributed by atoms with E-state index in [1.54, 1.807) is 6.20 Å². The maximum absolute atomic E-state index is 12.4. The fraction of sp³-hybridized carbons (Fsp3) is 0.435. The van der Waals surface area contributed by atoms with E-state index in [2.05, 4.69) is 10.3 Å². The molecule has 4 rings (SSSR count). The number of hydrogen-bond acceptors (Lipinski definition) is 6. The molecule has 0 aromatic carbocycles. The fourth-order valence-corrected chi connectivity index (χ4v) is 3.36. The van der Waals surface area contributed by atoms with Gasteiger partial charge < -0.3 is 19.1 Å². The van der Waals surface area contributed by atoms with Crippen molar-refractivity contribution in [2.75, 3.05) is 19.8 Å². The van der Waals surface area contributed by atoms with Gasteiger partial charge in [-0.3, -0.25) is 14.9 Å². The van der Waals surface area contributed by atoms with Crippen molar-refractivity contribution in [3.05, 3.63) is 53.3 Å². The van der Waals surface area contributed by atoms with Crippen LogP contribution in [0.15, 0.2) is 47.7 Å². The Balaban J connectivity index is 0.000000807. The SMILES string of the molecule is CC.CC.O=C1NC(=O)C(C2=COCCO2)=C1Cc1cn(CCCO)c2ncccc12. The van der Waals surface area contributed by atoms with Gasteiger partial charge in [-0.05, 0) is 24.1 Å². The zero-order valence-electron chi connectivity index (χ0n) is 18.6. The number of rotatable bonds is 6. The lowest BCUT2D eigenvalue weighted by Crippen LogP contribution is -2.24. The van der Waals surface area contributed by atoms with Gasteiger partial charge in [0, 0.05) is 42.9 Å². The van der Waals surface area contributed by atoms with Crippen molar-refractivity contribution < 1.29 is 24.2 Å². The molecule has 2 amide bonds. The second-order valence-electron chi connectivity index (χ2n) is 6.31. The molecule has 4 heterocycles. The summed E-state index contributed by atoms with van der Waals surface area (Å²) in [5, 5.41) is 12.4. The Bertz CT molecular complexity index is 975. The van der Waals surface area contributed by atoms with Crippen LogP contribution in [0.4, 0.5) is 0 Å². The van der Waals surface area contributed by atoms with Crippen LogP contribution in [0.3, 0.4) is 0 Å². The highest BCUT2D eigenvalue weighted by Crippen LogP contribution is 2.29. The van der Waals surface area contributed by atoms with Crippen molar-refractivity contribution in [3.63, 3.8) is 0 Å².